The van der Waals surface area contributed by atoms with Crippen molar-refractivity contribution in [3.05, 3.63) is 285 Å². The van der Waals surface area contributed by atoms with Crippen LogP contribution in [0.4, 0.5) is 0 Å². The lowest BCUT2D eigenvalue weighted by atomic mass is 9.78. The van der Waals surface area contributed by atoms with Gasteiger partial charge in [-0.25, -0.2) is 0 Å². The van der Waals surface area contributed by atoms with Gasteiger partial charge in [0.2, 0.25) is 0 Å². The fourth-order valence-corrected chi connectivity index (χ4v) is 11.8. The first kappa shape index (κ1) is 64.5. The summed E-state index contributed by atoms with van der Waals surface area (Å²) in [6, 6.07) is 100. The maximum absolute atomic E-state index is 6.30. The molecule has 0 saturated carbocycles. The van der Waals surface area contributed by atoms with Crippen LogP contribution >= 0.6 is 0 Å². The van der Waals surface area contributed by atoms with Crippen LogP contribution in [0.15, 0.2) is 285 Å². The van der Waals surface area contributed by atoms with Crippen molar-refractivity contribution in [3.8, 4) is 89.0 Å². The number of rotatable bonds is 11. The van der Waals surface area contributed by atoms with Crippen molar-refractivity contribution < 1.29 is 27.9 Å². The zero-order valence-electron chi connectivity index (χ0n) is 55.8. The molecular weight excluding hydrogens is 1140 g/mol. The Labute approximate surface area is 553 Å². The van der Waals surface area contributed by atoms with Gasteiger partial charge in [0, 0.05) is 0 Å². The third-order valence-corrected chi connectivity index (χ3v) is 19.5. The van der Waals surface area contributed by atoms with Gasteiger partial charge in [-0.2, -0.15) is 0 Å². The summed E-state index contributed by atoms with van der Waals surface area (Å²) in [7, 11) is -1.07. The molecule has 14 rings (SSSR count). The summed E-state index contributed by atoms with van der Waals surface area (Å²) in [5, 5.41) is 0. The lowest BCUT2D eigenvalue weighted by molar-refractivity contribution is 0.00578. The fraction of sp³-hybridized carbons (Fsp3) is 0.214. The van der Waals surface area contributed by atoms with E-state index >= 15 is 0 Å². The Bertz CT molecular complexity index is 4250. The molecule has 93 heavy (non-hydrogen) atoms. The van der Waals surface area contributed by atoms with Crippen molar-refractivity contribution in [1.29, 1.82) is 0 Å². The molecule has 9 heteroatoms. The highest BCUT2D eigenvalue weighted by atomic mass is 16.7. The molecule has 11 aromatic rings. The number of benzene rings is 11. The van der Waals surface area contributed by atoms with Gasteiger partial charge in [-0.1, -0.05) is 255 Å². The van der Waals surface area contributed by atoms with E-state index in [1.165, 1.54) is 77.9 Å². The van der Waals surface area contributed by atoms with Gasteiger partial charge in [-0.15, -0.1) is 0 Å². The van der Waals surface area contributed by atoms with Crippen molar-refractivity contribution in [2.75, 3.05) is 0 Å². The van der Waals surface area contributed by atoms with E-state index < -0.39 is 0 Å². The minimum absolute atomic E-state index is 0.332. The van der Waals surface area contributed by atoms with E-state index in [1.807, 2.05) is 12.1 Å². The van der Waals surface area contributed by atoms with Crippen molar-refractivity contribution in [2.24, 2.45) is 0 Å². The van der Waals surface area contributed by atoms with E-state index in [4.69, 9.17) is 27.9 Å². The molecule has 0 aromatic heterocycles. The second-order valence-corrected chi connectivity index (χ2v) is 27.6. The quantitative estimate of drug-likeness (QED) is 0.120. The summed E-state index contributed by atoms with van der Waals surface area (Å²) in [5.74, 6) is 0. The van der Waals surface area contributed by atoms with Gasteiger partial charge < -0.3 is 27.9 Å². The van der Waals surface area contributed by atoms with E-state index in [1.54, 1.807) is 0 Å². The molecule has 0 amide bonds. The van der Waals surface area contributed by atoms with Crippen molar-refractivity contribution in [2.45, 2.75) is 117 Å². The van der Waals surface area contributed by atoms with Crippen LogP contribution in [0, 0.1) is 0 Å². The Morgan fingerprint density at radius 2 is 0.323 bits per heavy atom. The normalized spacial score (nSPS) is 17.0. The minimum Gasteiger partial charge on any atom is -0.399 e. The van der Waals surface area contributed by atoms with Gasteiger partial charge in [0.25, 0.3) is 0 Å². The molecule has 3 aliphatic rings. The molecule has 3 fully saturated rings. The van der Waals surface area contributed by atoms with Crippen molar-refractivity contribution in [3.63, 3.8) is 0 Å². The lowest BCUT2D eigenvalue weighted by Crippen LogP contribution is -2.41. The zero-order chi connectivity index (χ0) is 65.2. The van der Waals surface area contributed by atoms with Crippen LogP contribution < -0.4 is 16.4 Å². The monoisotopic (exact) mass is 1220 g/mol. The standard InChI is InChI=1S/2C30H29BO2.C24H25BO2/c1-29(2)30(3,4)33-31(32-29)28-17-11-16-24(21-28)27-19-25(22-12-7-5-8-13-22)18-26(20-27)23-14-9-6-10-15-23;1-29(2)30(3,4)33-31(32-29)28-15-9-14-27(21-28)26-13-8-12-25(20-26)24-18-16-23(17-19-24)22-10-6-5-7-11-22;1-23(2)24(3,4)27-25(26-23)22-15-9-14-21(17-22)20-13-8-12-19(16-20)18-10-6-5-7-11-18/h2*5-21H,1-4H3;5-17H,1-4H3. The summed E-state index contributed by atoms with van der Waals surface area (Å²) in [5.41, 5.74) is 20.2. The lowest BCUT2D eigenvalue weighted by Gasteiger charge is -2.32. The van der Waals surface area contributed by atoms with E-state index in [-0.39, 0.29) is 55.0 Å². The maximum Gasteiger partial charge on any atom is 0.494 e. The first-order valence-corrected chi connectivity index (χ1v) is 32.6. The Morgan fingerprint density at radius 1 is 0.161 bits per heavy atom. The molecule has 11 aromatic carbocycles. The molecule has 6 nitrogen and oxygen atoms in total. The SMILES string of the molecule is CC1(C)OB(c2cccc(-c3cc(-c4ccccc4)cc(-c4ccccc4)c3)c2)OC1(C)C.CC1(C)OB(c2cccc(-c3cccc(-c4ccc(-c5ccccc5)cc4)c3)c2)OC1(C)C.CC1(C)OB(c2cccc(-c3cccc(-c4ccccc4)c3)c2)OC1(C)C. The smallest absolute Gasteiger partial charge is 0.399 e. The molecule has 0 unspecified atom stereocenters. The molecule has 0 spiro atoms. The third-order valence-electron chi connectivity index (χ3n) is 19.5. The number of hydrogen-bond donors (Lipinski definition) is 0. The summed E-state index contributed by atoms with van der Waals surface area (Å²) < 4.78 is 37.6. The molecular formula is C84H83B3O6. The second-order valence-electron chi connectivity index (χ2n) is 27.6. The maximum atomic E-state index is 6.30. The van der Waals surface area contributed by atoms with Crippen LogP contribution in [0.25, 0.3) is 89.0 Å². The Hall–Kier alpha value is -8.63. The molecule has 0 aliphatic carbocycles. The molecule has 0 atom stereocenters. The first-order chi connectivity index (χ1) is 44.5. The van der Waals surface area contributed by atoms with Crippen LogP contribution in [-0.2, 0) is 27.9 Å². The van der Waals surface area contributed by atoms with Crippen LogP contribution in [0.1, 0.15) is 83.1 Å². The molecule has 0 bridgehead atoms. The van der Waals surface area contributed by atoms with E-state index in [9.17, 15) is 0 Å². The average Bonchev–Trinajstić information content (AvgIpc) is 1.68. The summed E-state index contributed by atoms with van der Waals surface area (Å²) in [4.78, 5) is 0. The Balaban J connectivity index is 0.000000135. The van der Waals surface area contributed by atoms with Gasteiger partial charge in [-0.05, 0) is 219 Å². The predicted octanol–water partition coefficient (Wildman–Crippen LogP) is 19.3. The highest BCUT2D eigenvalue weighted by Gasteiger charge is 2.54. The van der Waals surface area contributed by atoms with Gasteiger partial charge in [0.15, 0.2) is 0 Å². The Kier molecular flexibility index (Phi) is 18.3. The molecule has 464 valence electrons. The van der Waals surface area contributed by atoms with E-state index in [0.717, 1.165) is 27.5 Å². The minimum atomic E-state index is -0.374. The Morgan fingerprint density at radius 3 is 0.602 bits per heavy atom. The second kappa shape index (κ2) is 26.4. The van der Waals surface area contributed by atoms with Crippen LogP contribution in [0.2, 0.25) is 0 Å². The topological polar surface area (TPSA) is 55.4 Å². The zero-order valence-corrected chi connectivity index (χ0v) is 55.8. The van der Waals surface area contributed by atoms with Gasteiger partial charge in [0.1, 0.15) is 0 Å². The summed E-state index contributed by atoms with van der Waals surface area (Å²) in [6.45, 7) is 25.0. The molecule has 3 saturated heterocycles. The molecule has 3 heterocycles. The highest BCUT2D eigenvalue weighted by Crippen LogP contribution is 2.41. The predicted molar refractivity (Wildman–Crippen MR) is 390 cm³/mol. The van der Waals surface area contributed by atoms with Gasteiger partial charge >= 0.3 is 21.4 Å². The average molecular weight is 1220 g/mol. The molecule has 0 N–H and O–H groups in total. The number of hydrogen-bond acceptors (Lipinski definition) is 6. The highest BCUT2D eigenvalue weighted by molar-refractivity contribution is 6.63. The summed E-state index contributed by atoms with van der Waals surface area (Å²) >= 11 is 0. The van der Waals surface area contributed by atoms with Gasteiger partial charge in [-0.3, -0.25) is 0 Å². The van der Waals surface area contributed by atoms with Gasteiger partial charge in [0.05, 0.1) is 33.6 Å². The van der Waals surface area contributed by atoms with Crippen LogP contribution in [-0.4, -0.2) is 55.0 Å². The van der Waals surface area contributed by atoms with Crippen molar-refractivity contribution in [1.82, 2.24) is 0 Å². The summed E-state index contributed by atoms with van der Waals surface area (Å²) in [6.07, 6.45) is 0. The van der Waals surface area contributed by atoms with Crippen LogP contribution in [0.5, 0.6) is 0 Å². The first-order valence-electron chi connectivity index (χ1n) is 32.6. The van der Waals surface area contributed by atoms with Crippen LogP contribution in [0.3, 0.4) is 0 Å². The van der Waals surface area contributed by atoms with Crippen molar-refractivity contribution >= 4 is 37.7 Å². The third kappa shape index (κ3) is 14.3. The molecule has 3 aliphatic heterocycles. The largest absolute Gasteiger partial charge is 0.494 e. The molecule has 0 radical (unpaired) electrons. The fourth-order valence-electron chi connectivity index (χ4n) is 11.8. The van der Waals surface area contributed by atoms with E-state index in [2.05, 4.69) is 356 Å². The van der Waals surface area contributed by atoms with E-state index in [0.29, 0.717) is 0 Å².